The Labute approximate surface area is 82.1 Å². The Balaban J connectivity index is 3.31. The van der Waals surface area contributed by atoms with Gasteiger partial charge in [-0.1, -0.05) is 11.6 Å². The van der Waals surface area contributed by atoms with E-state index in [1.165, 1.54) is 6.07 Å². The number of nitro benzene ring substituents is 1. The highest BCUT2D eigenvalue weighted by Gasteiger charge is 2.21. The third-order valence-electron chi connectivity index (χ3n) is 2.02. The normalized spacial score (nSPS) is 11.8. The molecule has 4 nitrogen and oxygen atoms in total. The Morgan fingerprint density at radius 2 is 2.21 bits per heavy atom. The lowest BCUT2D eigenvalue weighted by Crippen LogP contribution is -1.97. The number of rotatable bonds is 2. The summed E-state index contributed by atoms with van der Waals surface area (Å²) in [7, 11) is 0. The molecule has 0 aliphatic carbocycles. The second-order valence-electron chi connectivity index (χ2n) is 3.12. The lowest BCUT2D eigenvalue weighted by molar-refractivity contribution is -0.385. The lowest BCUT2D eigenvalue weighted by atomic mass is 10.0. The first-order chi connectivity index (χ1) is 6.56. The number of hydrogen-bond donors (Lipinski definition) is 0. The maximum atomic E-state index is 10.7. The van der Waals surface area contributed by atoms with Crippen molar-refractivity contribution in [3.05, 3.63) is 50.9 Å². The molecule has 1 aromatic rings. The highest BCUT2D eigenvalue weighted by Crippen LogP contribution is 2.28. The van der Waals surface area contributed by atoms with Gasteiger partial charge in [-0.25, -0.2) is 6.57 Å². The van der Waals surface area contributed by atoms with Crippen LogP contribution in [0, 0.1) is 23.6 Å². The van der Waals surface area contributed by atoms with Gasteiger partial charge in [-0.05, 0) is 13.0 Å². The SMILES string of the molecule is [C-]#[N+]C(C)c1cc(C)ccc1[N+](=O)[O-]. The fourth-order valence-corrected chi connectivity index (χ4v) is 1.24. The first kappa shape index (κ1) is 10.2. The van der Waals surface area contributed by atoms with Crippen LogP contribution in [0.4, 0.5) is 5.69 Å². The van der Waals surface area contributed by atoms with Gasteiger partial charge in [-0.3, -0.25) is 10.1 Å². The van der Waals surface area contributed by atoms with Crippen LogP contribution in [0.15, 0.2) is 18.2 Å². The second-order valence-corrected chi connectivity index (χ2v) is 3.12. The molecule has 72 valence electrons. The molecule has 0 bridgehead atoms. The summed E-state index contributed by atoms with van der Waals surface area (Å²) in [5.74, 6) is 0. The van der Waals surface area contributed by atoms with E-state index in [0.717, 1.165) is 5.56 Å². The molecule has 1 atom stereocenters. The van der Waals surface area contributed by atoms with Crippen LogP contribution in [0.3, 0.4) is 0 Å². The zero-order chi connectivity index (χ0) is 10.7. The van der Waals surface area contributed by atoms with Crippen LogP contribution in [0.25, 0.3) is 4.85 Å². The van der Waals surface area contributed by atoms with E-state index in [1.54, 1.807) is 19.1 Å². The molecule has 0 saturated carbocycles. The standard InChI is InChI=1S/C10H10N2O2/c1-7-4-5-10(12(13)14)9(6-7)8(2)11-3/h4-6,8H,1-2H3. The highest BCUT2D eigenvalue weighted by molar-refractivity contribution is 5.45. The van der Waals surface area contributed by atoms with Gasteiger partial charge < -0.3 is 4.85 Å². The molecule has 0 radical (unpaired) electrons. The second kappa shape index (κ2) is 3.88. The van der Waals surface area contributed by atoms with Crippen LogP contribution in [0.5, 0.6) is 0 Å². The van der Waals surface area contributed by atoms with Crippen molar-refractivity contribution >= 4 is 5.69 Å². The Morgan fingerprint density at radius 1 is 1.57 bits per heavy atom. The largest absolute Gasteiger partial charge is 0.309 e. The number of aryl methyl sites for hydroxylation is 1. The number of hydrogen-bond acceptors (Lipinski definition) is 2. The van der Waals surface area contributed by atoms with E-state index in [9.17, 15) is 10.1 Å². The number of nitrogens with zero attached hydrogens (tertiary/aromatic N) is 2. The van der Waals surface area contributed by atoms with Crippen molar-refractivity contribution in [2.24, 2.45) is 0 Å². The van der Waals surface area contributed by atoms with Crippen molar-refractivity contribution < 1.29 is 4.92 Å². The zero-order valence-corrected chi connectivity index (χ0v) is 8.02. The van der Waals surface area contributed by atoms with Gasteiger partial charge in [0.25, 0.3) is 11.7 Å². The summed E-state index contributed by atoms with van der Waals surface area (Å²) in [6, 6.07) is 4.36. The summed E-state index contributed by atoms with van der Waals surface area (Å²) in [6.07, 6.45) is 0. The highest BCUT2D eigenvalue weighted by atomic mass is 16.6. The van der Waals surface area contributed by atoms with Crippen molar-refractivity contribution in [1.82, 2.24) is 0 Å². The van der Waals surface area contributed by atoms with Crippen LogP contribution in [-0.2, 0) is 0 Å². The molecule has 0 fully saturated rings. The average molecular weight is 190 g/mol. The molecular weight excluding hydrogens is 180 g/mol. The monoisotopic (exact) mass is 190 g/mol. The van der Waals surface area contributed by atoms with Gasteiger partial charge in [0.05, 0.1) is 4.92 Å². The smallest absolute Gasteiger partial charge is 0.280 e. The zero-order valence-electron chi connectivity index (χ0n) is 8.02. The first-order valence-electron chi connectivity index (χ1n) is 4.17. The maximum absolute atomic E-state index is 10.7. The predicted molar refractivity (Wildman–Crippen MR) is 52.9 cm³/mol. The van der Waals surface area contributed by atoms with E-state index < -0.39 is 11.0 Å². The molecule has 0 heterocycles. The Bertz CT molecular complexity index is 407. The van der Waals surface area contributed by atoms with Crippen LogP contribution >= 0.6 is 0 Å². The van der Waals surface area contributed by atoms with Crippen LogP contribution in [0.2, 0.25) is 0 Å². The Kier molecular flexibility index (Phi) is 2.82. The Hall–Kier alpha value is -1.89. The molecule has 4 heteroatoms. The predicted octanol–water partition coefficient (Wildman–Crippen LogP) is 2.88. The molecule has 0 aliphatic rings. The topological polar surface area (TPSA) is 47.5 Å². The fraction of sp³-hybridized carbons (Fsp3) is 0.300. The summed E-state index contributed by atoms with van der Waals surface area (Å²) >= 11 is 0. The molecule has 0 aromatic heterocycles. The van der Waals surface area contributed by atoms with Gasteiger partial charge in [-0.15, -0.1) is 0 Å². The molecular formula is C10H10N2O2. The van der Waals surface area contributed by atoms with Crippen LogP contribution in [0.1, 0.15) is 24.1 Å². The molecule has 0 saturated heterocycles. The van der Waals surface area contributed by atoms with E-state index in [1.807, 2.05) is 6.92 Å². The van der Waals surface area contributed by atoms with Crippen molar-refractivity contribution in [2.45, 2.75) is 19.9 Å². The minimum atomic E-state index is -0.463. The summed E-state index contributed by atoms with van der Waals surface area (Å²) in [4.78, 5) is 13.5. The van der Waals surface area contributed by atoms with Crippen molar-refractivity contribution in [3.63, 3.8) is 0 Å². The van der Waals surface area contributed by atoms with Crippen molar-refractivity contribution in [1.29, 1.82) is 0 Å². The van der Waals surface area contributed by atoms with E-state index in [4.69, 9.17) is 6.57 Å². The molecule has 0 aliphatic heterocycles. The maximum Gasteiger partial charge on any atom is 0.280 e. The molecule has 0 N–H and O–H groups in total. The third-order valence-corrected chi connectivity index (χ3v) is 2.02. The average Bonchev–Trinajstić information content (AvgIpc) is 2.16. The molecule has 14 heavy (non-hydrogen) atoms. The van der Waals surface area contributed by atoms with E-state index in [-0.39, 0.29) is 5.69 Å². The van der Waals surface area contributed by atoms with Gasteiger partial charge in [0.1, 0.15) is 5.56 Å². The van der Waals surface area contributed by atoms with Gasteiger partial charge >= 0.3 is 0 Å². The van der Waals surface area contributed by atoms with Crippen LogP contribution < -0.4 is 0 Å². The quantitative estimate of drug-likeness (QED) is 0.409. The summed E-state index contributed by atoms with van der Waals surface area (Å²) < 4.78 is 0. The summed E-state index contributed by atoms with van der Waals surface area (Å²) in [5.41, 5.74) is 1.45. The molecule has 0 spiro atoms. The molecule has 1 rings (SSSR count). The van der Waals surface area contributed by atoms with Gasteiger partial charge in [-0.2, -0.15) is 0 Å². The Morgan fingerprint density at radius 3 is 2.71 bits per heavy atom. The number of nitro groups is 1. The van der Waals surface area contributed by atoms with Gasteiger partial charge in [0, 0.05) is 13.0 Å². The summed E-state index contributed by atoms with van der Waals surface area (Å²) in [5, 5.41) is 10.7. The van der Waals surface area contributed by atoms with Gasteiger partial charge in [0.15, 0.2) is 0 Å². The van der Waals surface area contributed by atoms with Crippen molar-refractivity contribution in [2.75, 3.05) is 0 Å². The first-order valence-corrected chi connectivity index (χ1v) is 4.17. The minimum Gasteiger partial charge on any atom is -0.309 e. The lowest BCUT2D eigenvalue weighted by Gasteiger charge is -2.02. The van der Waals surface area contributed by atoms with Crippen LogP contribution in [-0.4, -0.2) is 4.92 Å². The van der Waals surface area contributed by atoms with E-state index in [2.05, 4.69) is 4.85 Å². The molecule has 1 aromatic carbocycles. The number of benzene rings is 1. The fourth-order valence-electron chi connectivity index (χ4n) is 1.24. The van der Waals surface area contributed by atoms with Gasteiger partial charge in [0.2, 0.25) is 0 Å². The van der Waals surface area contributed by atoms with E-state index in [0.29, 0.717) is 5.56 Å². The third kappa shape index (κ3) is 1.88. The van der Waals surface area contributed by atoms with E-state index >= 15 is 0 Å². The summed E-state index contributed by atoms with van der Waals surface area (Å²) in [6.45, 7) is 10.4. The minimum absolute atomic E-state index is 0.0269. The van der Waals surface area contributed by atoms with Crippen molar-refractivity contribution in [3.8, 4) is 0 Å². The molecule has 1 unspecified atom stereocenters. The molecule has 0 amide bonds.